The minimum Gasteiger partial charge on any atom is -0.368 e. The number of rotatable bonds is 6. The molecule has 8 heteroatoms. The Morgan fingerprint density at radius 1 is 1.10 bits per heavy atom. The molecule has 1 amide bonds. The molecule has 1 unspecified atom stereocenters. The van der Waals surface area contributed by atoms with Gasteiger partial charge >= 0.3 is 0 Å². The predicted molar refractivity (Wildman–Crippen MR) is 114 cm³/mol. The smallest absolute Gasteiger partial charge is 0.242 e. The average Bonchev–Trinajstić information content (AvgIpc) is 3.17. The van der Waals surface area contributed by atoms with Crippen LogP contribution in [0.4, 0.5) is 11.5 Å². The SMILES string of the molecule is CCC(C)NC(=O)Cn1ncc2c(N3CCN(c4ccccc4)CC3)ncnc21. The number of nitrogens with one attached hydrogen (secondary N) is 1. The fraction of sp³-hybridized carbons (Fsp3) is 0.429. The molecule has 0 radical (unpaired) electrons. The van der Waals surface area contributed by atoms with Crippen molar-refractivity contribution in [3.8, 4) is 0 Å². The van der Waals surface area contributed by atoms with E-state index in [1.807, 2.05) is 19.9 Å². The van der Waals surface area contributed by atoms with Crippen molar-refractivity contribution in [1.29, 1.82) is 0 Å². The van der Waals surface area contributed by atoms with Crippen LogP contribution >= 0.6 is 0 Å². The fourth-order valence-electron chi connectivity index (χ4n) is 3.62. The molecule has 4 rings (SSSR count). The second-order valence-electron chi connectivity index (χ2n) is 7.42. The van der Waals surface area contributed by atoms with Crippen molar-refractivity contribution < 1.29 is 4.79 Å². The first-order valence-electron chi connectivity index (χ1n) is 10.2. The van der Waals surface area contributed by atoms with Gasteiger partial charge in [0.05, 0.1) is 11.6 Å². The fourth-order valence-corrected chi connectivity index (χ4v) is 3.62. The van der Waals surface area contributed by atoms with Gasteiger partial charge in [-0.05, 0) is 25.5 Å². The van der Waals surface area contributed by atoms with Gasteiger partial charge in [-0.3, -0.25) is 4.79 Å². The van der Waals surface area contributed by atoms with Crippen molar-refractivity contribution in [3.05, 3.63) is 42.9 Å². The number of hydrogen-bond acceptors (Lipinski definition) is 6. The van der Waals surface area contributed by atoms with Crippen molar-refractivity contribution in [2.45, 2.75) is 32.9 Å². The highest BCUT2D eigenvalue weighted by atomic mass is 16.2. The van der Waals surface area contributed by atoms with E-state index in [0.29, 0.717) is 5.65 Å². The first kappa shape index (κ1) is 19.2. The van der Waals surface area contributed by atoms with E-state index in [1.54, 1.807) is 17.2 Å². The third kappa shape index (κ3) is 4.16. The molecule has 1 aliphatic heterocycles. The summed E-state index contributed by atoms with van der Waals surface area (Å²) in [6.07, 6.45) is 4.23. The molecule has 1 atom stereocenters. The molecule has 0 spiro atoms. The lowest BCUT2D eigenvalue weighted by Crippen LogP contribution is -2.46. The van der Waals surface area contributed by atoms with Gasteiger partial charge < -0.3 is 15.1 Å². The van der Waals surface area contributed by atoms with E-state index >= 15 is 0 Å². The standard InChI is InChI=1S/C21H27N7O/c1-3-16(2)25-19(29)14-28-21-18(13-24-28)20(22-15-23-21)27-11-9-26(10-12-27)17-7-5-4-6-8-17/h4-8,13,15-16H,3,9-12,14H2,1-2H3,(H,25,29). The Bertz CT molecular complexity index is 964. The van der Waals surface area contributed by atoms with E-state index in [-0.39, 0.29) is 18.5 Å². The Kier molecular flexibility index (Phi) is 5.59. The number of para-hydroxylation sites is 1. The Morgan fingerprint density at radius 3 is 2.55 bits per heavy atom. The van der Waals surface area contributed by atoms with Crippen molar-refractivity contribution >= 4 is 28.4 Å². The van der Waals surface area contributed by atoms with E-state index in [4.69, 9.17) is 0 Å². The summed E-state index contributed by atoms with van der Waals surface area (Å²) in [5.74, 6) is 0.831. The average molecular weight is 393 g/mol. The van der Waals surface area contributed by atoms with E-state index in [9.17, 15) is 4.79 Å². The minimum atomic E-state index is -0.0546. The van der Waals surface area contributed by atoms with E-state index in [0.717, 1.165) is 43.8 Å². The summed E-state index contributed by atoms with van der Waals surface area (Å²) in [4.78, 5) is 25.8. The molecule has 0 saturated carbocycles. The van der Waals surface area contributed by atoms with Gasteiger partial charge in [0.15, 0.2) is 5.65 Å². The van der Waals surface area contributed by atoms with E-state index in [1.165, 1.54) is 5.69 Å². The lowest BCUT2D eigenvalue weighted by atomic mass is 10.2. The molecule has 8 nitrogen and oxygen atoms in total. The number of carbonyl (C=O) groups excluding carboxylic acids is 1. The number of hydrogen-bond donors (Lipinski definition) is 1. The Labute approximate surface area is 170 Å². The molecule has 0 aliphatic carbocycles. The minimum absolute atomic E-state index is 0.0546. The van der Waals surface area contributed by atoms with Gasteiger partial charge in [0, 0.05) is 37.9 Å². The molecule has 1 fully saturated rings. The first-order valence-corrected chi connectivity index (χ1v) is 10.2. The summed E-state index contributed by atoms with van der Waals surface area (Å²) in [6, 6.07) is 10.6. The maximum absolute atomic E-state index is 12.2. The lowest BCUT2D eigenvalue weighted by molar-refractivity contribution is -0.122. The number of piperazine rings is 1. The molecule has 152 valence electrons. The zero-order valence-electron chi connectivity index (χ0n) is 17.0. The number of amides is 1. The second kappa shape index (κ2) is 8.46. The molecule has 3 heterocycles. The quantitative estimate of drug-likeness (QED) is 0.691. The summed E-state index contributed by atoms with van der Waals surface area (Å²) in [5, 5.41) is 8.26. The van der Waals surface area contributed by atoms with Crippen LogP contribution in [0.15, 0.2) is 42.9 Å². The van der Waals surface area contributed by atoms with Crippen molar-refractivity contribution in [3.63, 3.8) is 0 Å². The second-order valence-corrected chi connectivity index (χ2v) is 7.42. The van der Waals surface area contributed by atoms with Crippen LogP contribution in [0.1, 0.15) is 20.3 Å². The van der Waals surface area contributed by atoms with Crippen LogP contribution in [-0.4, -0.2) is 57.9 Å². The van der Waals surface area contributed by atoms with Crippen LogP contribution in [0.3, 0.4) is 0 Å². The highest BCUT2D eigenvalue weighted by molar-refractivity contribution is 5.88. The maximum atomic E-state index is 12.2. The summed E-state index contributed by atoms with van der Waals surface area (Å²) in [6.45, 7) is 7.81. The number of carbonyl (C=O) groups is 1. The van der Waals surface area contributed by atoms with Gasteiger partial charge in [0.1, 0.15) is 18.7 Å². The topological polar surface area (TPSA) is 79.2 Å². The third-order valence-corrected chi connectivity index (χ3v) is 5.43. The predicted octanol–water partition coefficient (Wildman–Crippen LogP) is 2.07. The lowest BCUT2D eigenvalue weighted by Gasteiger charge is -2.36. The highest BCUT2D eigenvalue weighted by Crippen LogP contribution is 2.25. The van der Waals surface area contributed by atoms with Crippen LogP contribution in [0.2, 0.25) is 0 Å². The first-order chi connectivity index (χ1) is 14.2. The molecule has 3 aromatic rings. The van der Waals surface area contributed by atoms with Crippen LogP contribution in [-0.2, 0) is 11.3 Å². The van der Waals surface area contributed by atoms with Crippen LogP contribution in [0, 0.1) is 0 Å². The van der Waals surface area contributed by atoms with Crippen LogP contribution in [0.25, 0.3) is 11.0 Å². The van der Waals surface area contributed by atoms with Crippen molar-refractivity contribution in [1.82, 2.24) is 25.1 Å². The molecule has 2 aromatic heterocycles. The molecule has 1 N–H and O–H groups in total. The molecule has 1 aliphatic rings. The summed E-state index contributed by atoms with van der Waals surface area (Å²) < 4.78 is 1.65. The molecule has 1 saturated heterocycles. The molecule has 29 heavy (non-hydrogen) atoms. The zero-order valence-corrected chi connectivity index (χ0v) is 17.0. The Hall–Kier alpha value is -3.16. The molecular formula is C21H27N7O. The highest BCUT2D eigenvalue weighted by Gasteiger charge is 2.22. The van der Waals surface area contributed by atoms with Gasteiger partial charge in [-0.15, -0.1) is 0 Å². The number of aromatic nitrogens is 4. The number of nitrogens with zero attached hydrogens (tertiary/aromatic N) is 6. The van der Waals surface area contributed by atoms with Crippen molar-refractivity contribution in [2.24, 2.45) is 0 Å². The number of fused-ring (bicyclic) bond motifs is 1. The van der Waals surface area contributed by atoms with Gasteiger partial charge in [0.25, 0.3) is 0 Å². The van der Waals surface area contributed by atoms with Gasteiger partial charge in [-0.1, -0.05) is 25.1 Å². The summed E-state index contributed by atoms with van der Waals surface area (Å²) in [7, 11) is 0. The molecule has 0 bridgehead atoms. The summed E-state index contributed by atoms with van der Waals surface area (Å²) in [5.41, 5.74) is 1.94. The van der Waals surface area contributed by atoms with E-state index < -0.39 is 0 Å². The Morgan fingerprint density at radius 2 is 1.83 bits per heavy atom. The van der Waals surface area contributed by atoms with E-state index in [2.05, 4.69) is 54.4 Å². The Balaban J connectivity index is 1.48. The number of benzene rings is 1. The zero-order chi connectivity index (χ0) is 20.2. The maximum Gasteiger partial charge on any atom is 0.242 e. The molecular weight excluding hydrogens is 366 g/mol. The largest absolute Gasteiger partial charge is 0.368 e. The normalized spacial score (nSPS) is 15.5. The van der Waals surface area contributed by atoms with Gasteiger partial charge in [-0.2, -0.15) is 5.10 Å². The monoisotopic (exact) mass is 393 g/mol. The van der Waals surface area contributed by atoms with Crippen molar-refractivity contribution in [2.75, 3.05) is 36.0 Å². The van der Waals surface area contributed by atoms with Gasteiger partial charge in [-0.25, -0.2) is 14.6 Å². The van der Waals surface area contributed by atoms with Gasteiger partial charge in [0.2, 0.25) is 5.91 Å². The number of anilines is 2. The molecule has 1 aromatic carbocycles. The third-order valence-electron chi connectivity index (χ3n) is 5.43. The van der Waals surface area contributed by atoms with Crippen LogP contribution < -0.4 is 15.1 Å². The van der Waals surface area contributed by atoms with Crippen LogP contribution in [0.5, 0.6) is 0 Å². The summed E-state index contributed by atoms with van der Waals surface area (Å²) >= 11 is 0.